The van der Waals surface area contributed by atoms with Crippen LogP contribution in [0.15, 0.2) is 36.4 Å². The molecule has 0 fully saturated rings. The maximum Gasteiger partial charge on any atom is 0.142 e. The molecular weight excluding hydrogens is 248 g/mol. The van der Waals surface area contributed by atoms with Crippen molar-refractivity contribution in [3.8, 4) is 12.1 Å². The molecule has 1 aromatic heterocycles. The average molecular weight is 255 g/mol. The van der Waals surface area contributed by atoms with E-state index in [1.54, 1.807) is 36.4 Å². The zero-order valence-electron chi connectivity index (χ0n) is 9.18. The molecule has 0 bridgehead atoms. The van der Waals surface area contributed by atoms with E-state index in [4.69, 9.17) is 22.1 Å². The number of hydrogen-bond acceptors (Lipinski definition) is 4. The average Bonchev–Trinajstić information content (AvgIpc) is 2.41. The Hall–Kier alpha value is -2.56. The molecule has 0 spiro atoms. The highest BCUT2D eigenvalue weighted by Crippen LogP contribution is 2.25. The Morgan fingerprint density at radius 3 is 2.67 bits per heavy atom. The number of nitrogens with zero attached hydrogens (tertiary/aromatic N) is 3. The molecule has 5 heteroatoms. The highest BCUT2D eigenvalue weighted by molar-refractivity contribution is 6.33. The second kappa shape index (κ2) is 5.18. The van der Waals surface area contributed by atoms with Crippen molar-refractivity contribution in [1.82, 2.24) is 4.98 Å². The first kappa shape index (κ1) is 11.9. The van der Waals surface area contributed by atoms with Crippen molar-refractivity contribution in [1.29, 1.82) is 10.5 Å². The van der Waals surface area contributed by atoms with Crippen molar-refractivity contribution >= 4 is 23.1 Å². The van der Waals surface area contributed by atoms with Crippen LogP contribution in [0.25, 0.3) is 0 Å². The normalized spacial score (nSPS) is 9.28. The van der Waals surface area contributed by atoms with Gasteiger partial charge in [0.1, 0.15) is 17.6 Å². The smallest absolute Gasteiger partial charge is 0.142 e. The van der Waals surface area contributed by atoms with Gasteiger partial charge in [-0.3, -0.25) is 0 Å². The van der Waals surface area contributed by atoms with E-state index in [0.717, 1.165) is 0 Å². The molecule has 0 aliphatic carbocycles. The van der Waals surface area contributed by atoms with Crippen molar-refractivity contribution in [3.05, 3.63) is 52.7 Å². The minimum absolute atomic E-state index is 0.313. The second-order valence-corrected chi connectivity index (χ2v) is 3.86. The lowest BCUT2D eigenvalue weighted by Crippen LogP contribution is -1.96. The quantitative estimate of drug-likeness (QED) is 0.893. The summed E-state index contributed by atoms with van der Waals surface area (Å²) in [6.45, 7) is 0. The molecule has 0 aliphatic heterocycles. The van der Waals surface area contributed by atoms with Crippen LogP contribution < -0.4 is 5.32 Å². The van der Waals surface area contributed by atoms with Crippen LogP contribution in [0.1, 0.15) is 11.3 Å². The number of anilines is 2. The van der Waals surface area contributed by atoms with Gasteiger partial charge in [-0.05, 0) is 30.3 Å². The minimum Gasteiger partial charge on any atom is -0.339 e. The number of nitrogens with one attached hydrogen (secondary N) is 1. The number of nitriles is 2. The third-order valence-electron chi connectivity index (χ3n) is 2.22. The van der Waals surface area contributed by atoms with E-state index in [1.807, 2.05) is 12.1 Å². The third-order valence-corrected chi connectivity index (χ3v) is 2.55. The predicted molar refractivity (Wildman–Crippen MR) is 68.4 cm³/mol. The molecular formula is C13H7ClN4. The molecule has 0 saturated heterocycles. The Labute approximate surface area is 109 Å². The Kier molecular flexibility index (Phi) is 3.43. The van der Waals surface area contributed by atoms with E-state index in [9.17, 15) is 0 Å². The van der Waals surface area contributed by atoms with Gasteiger partial charge >= 0.3 is 0 Å². The number of aromatic nitrogens is 1. The van der Waals surface area contributed by atoms with Crippen molar-refractivity contribution in [2.45, 2.75) is 0 Å². The Morgan fingerprint density at radius 2 is 1.94 bits per heavy atom. The van der Waals surface area contributed by atoms with Crippen molar-refractivity contribution in [2.75, 3.05) is 5.32 Å². The van der Waals surface area contributed by atoms with Gasteiger partial charge < -0.3 is 5.32 Å². The summed E-state index contributed by atoms with van der Waals surface area (Å²) in [5, 5.41) is 21.0. The highest BCUT2D eigenvalue weighted by Gasteiger charge is 2.04. The Morgan fingerprint density at radius 1 is 1.11 bits per heavy atom. The lowest BCUT2D eigenvalue weighted by Gasteiger charge is -2.07. The molecule has 0 amide bonds. The fourth-order valence-electron chi connectivity index (χ4n) is 1.40. The van der Waals surface area contributed by atoms with Crippen molar-refractivity contribution < 1.29 is 0 Å². The molecule has 0 radical (unpaired) electrons. The summed E-state index contributed by atoms with van der Waals surface area (Å²) in [6.07, 6.45) is 0. The van der Waals surface area contributed by atoms with Gasteiger partial charge in [-0.2, -0.15) is 10.5 Å². The van der Waals surface area contributed by atoms with Gasteiger partial charge in [0.25, 0.3) is 0 Å². The van der Waals surface area contributed by atoms with E-state index in [0.29, 0.717) is 27.8 Å². The number of benzene rings is 1. The molecule has 2 aromatic rings. The van der Waals surface area contributed by atoms with Crippen LogP contribution in [-0.4, -0.2) is 4.98 Å². The summed E-state index contributed by atoms with van der Waals surface area (Å²) >= 11 is 6.01. The molecule has 0 atom stereocenters. The van der Waals surface area contributed by atoms with Gasteiger partial charge in [-0.15, -0.1) is 0 Å². The summed E-state index contributed by atoms with van der Waals surface area (Å²) in [5.74, 6) is 0.506. The summed E-state index contributed by atoms with van der Waals surface area (Å²) in [7, 11) is 0. The first-order chi connectivity index (χ1) is 8.72. The molecule has 4 nitrogen and oxygen atoms in total. The molecule has 2 rings (SSSR count). The van der Waals surface area contributed by atoms with Crippen LogP contribution in [0.3, 0.4) is 0 Å². The maximum absolute atomic E-state index is 8.82. The SMILES string of the molecule is N#Cc1ccc(Cl)c(Nc2cccc(C#N)n2)c1. The Balaban J connectivity index is 2.34. The molecule has 0 unspecified atom stereocenters. The van der Waals surface area contributed by atoms with E-state index in [1.165, 1.54) is 0 Å². The molecule has 86 valence electrons. The standard InChI is InChI=1S/C13H7ClN4/c14-11-5-4-9(7-15)6-12(11)18-13-3-1-2-10(8-16)17-13/h1-6H,(H,17,18). The highest BCUT2D eigenvalue weighted by atomic mass is 35.5. The van der Waals surface area contributed by atoms with Crippen molar-refractivity contribution in [3.63, 3.8) is 0 Å². The van der Waals surface area contributed by atoms with Crippen LogP contribution >= 0.6 is 11.6 Å². The fraction of sp³-hybridized carbons (Fsp3) is 0. The molecule has 0 aliphatic rings. The molecule has 1 aromatic carbocycles. The summed E-state index contributed by atoms with van der Waals surface area (Å²) in [4.78, 5) is 4.07. The van der Waals surface area contributed by atoms with E-state index in [-0.39, 0.29) is 0 Å². The number of halogens is 1. The van der Waals surface area contributed by atoms with Gasteiger partial charge in [-0.1, -0.05) is 17.7 Å². The summed E-state index contributed by atoms with van der Waals surface area (Å²) in [6, 6.07) is 13.9. The van der Waals surface area contributed by atoms with Gasteiger partial charge in [-0.25, -0.2) is 4.98 Å². The van der Waals surface area contributed by atoms with Crippen LogP contribution in [0.2, 0.25) is 5.02 Å². The summed E-state index contributed by atoms with van der Waals surface area (Å²) in [5.41, 5.74) is 1.39. The minimum atomic E-state index is 0.313. The number of rotatable bonds is 2. The van der Waals surface area contributed by atoms with E-state index >= 15 is 0 Å². The lowest BCUT2D eigenvalue weighted by atomic mass is 10.2. The molecule has 1 heterocycles. The topological polar surface area (TPSA) is 72.5 Å². The molecule has 0 saturated carbocycles. The fourth-order valence-corrected chi connectivity index (χ4v) is 1.56. The monoisotopic (exact) mass is 254 g/mol. The lowest BCUT2D eigenvalue weighted by molar-refractivity contribution is 1.25. The maximum atomic E-state index is 8.82. The van der Waals surface area contributed by atoms with Crippen LogP contribution in [0.5, 0.6) is 0 Å². The summed E-state index contributed by atoms with van der Waals surface area (Å²) < 4.78 is 0. The molecule has 1 N–H and O–H groups in total. The second-order valence-electron chi connectivity index (χ2n) is 3.45. The number of hydrogen-bond donors (Lipinski definition) is 1. The zero-order valence-corrected chi connectivity index (χ0v) is 9.94. The van der Waals surface area contributed by atoms with Crippen LogP contribution in [0, 0.1) is 22.7 Å². The largest absolute Gasteiger partial charge is 0.339 e. The van der Waals surface area contributed by atoms with E-state index in [2.05, 4.69) is 10.3 Å². The first-order valence-electron chi connectivity index (χ1n) is 5.07. The van der Waals surface area contributed by atoms with Crippen LogP contribution in [0.4, 0.5) is 11.5 Å². The van der Waals surface area contributed by atoms with Gasteiger partial charge in [0.15, 0.2) is 0 Å². The zero-order chi connectivity index (χ0) is 13.0. The molecule has 18 heavy (non-hydrogen) atoms. The van der Waals surface area contributed by atoms with Gasteiger partial charge in [0.2, 0.25) is 0 Å². The van der Waals surface area contributed by atoms with Crippen LogP contribution in [-0.2, 0) is 0 Å². The van der Waals surface area contributed by atoms with E-state index < -0.39 is 0 Å². The Bertz CT molecular complexity index is 667. The third kappa shape index (κ3) is 2.57. The van der Waals surface area contributed by atoms with Gasteiger partial charge in [0.05, 0.1) is 22.3 Å². The van der Waals surface area contributed by atoms with Crippen molar-refractivity contribution in [2.24, 2.45) is 0 Å². The number of pyridine rings is 1. The van der Waals surface area contributed by atoms with Gasteiger partial charge in [0, 0.05) is 0 Å². The first-order valence-corrected chi connectivity index (χ1v) is 5.44. The predicted octanol–water partition coefficient (Wildman–Crippen LogP) is 3.22.